The van der Waals surface area contributed by atoms with Crippen LogP contribution in [0.4, 0.5) is 17.3 Å². The van der Waals surface area contributed by atoms with Gasteiger partial charge in [0.05, 0.1) is 10.5 Å². The predicted molar refractivity (Wildman–Crippen MR) is 68.8 cm³/mol. The van der Waals surface area contributed by atoms with Crippen molar-refractivity contribution in [3.8, 4) is 0 Å². The first-order chi connectivity index (χ1) is 9.00. The number of nitrogens with zero attached hydrogens (tertiary/aromatic N) is 2. The Balaban J connectivity index is 2.00. The molecule has 0 unspecified atom stereocenters. The van der Waals surface area contributed by atoms with E-state index >= 15 is 0 Å². The molecule has 0 radical (unpaired) electrons. The van der Waals surface area contributed by atoms with Gasteiger partial charge in [-0.2, -0.15) is 0 Å². The molecule has 4 N–H and O–H groups in total. The molecule has 1 aromatic rings. The Morgan fingerprint density at radius 1 is 1.53 bits per heavy atom. The molecule has 0 aliphatic carbocycles. The topological polar surface area (TPSA) is 124 Å². The lowest BCUT2D eigenvalue weighted by Gasteiger charge is -2.32. The second-order valence-corrected chi connectivity index (χ2v) is 4.55. The van der Waals surface area contributed by atoms with E-state index in [0.717, 1.165) is 0 Å². The van der Waals surface area contributed by atoms with Gasteiger partial charge in [0, 0.05) is 38.7 Å². The first-order valence-electron chi connectivity index (χ1n) is 5.95. The van der Waals surface area contributed by atoms with E-state index in [1.165, 1.54) is 12.1 Å². The molecule has 0 atom stereocenters. The van der Waals surface area contributed by atoms with Crippen LogP contribution in [0.3, 0.4) is 0 Å². The second kappa shape index (κ2) is 5.37. The summed E-state index contributed by atoms with van der Waals surface area (Å²) in [4.78, 5) is 13.9. The number of anilines is 2. The molecule has 8 nitrogen and oxygen atoms in total. The van der Waals surface area contributed by atoms with Gasteiger partial charge in [-0.15, -0.1) is 0 Å². The quantitative estimate of drug-likeness (QED) is 0.537. The van der Waals surface area contributed by atoms with Crippen LogP contribution in [-0.4, -0.2) is 40.4 Å². The van der Waals surface area contributed by atoms with Crippen molar-refractivity contribution in [2.75, 3.05) is 30.8 Å². The third kappa shape index (κ3) is 3.30. The van der Waals surface area contributed by atoms with Crippen LogP contribution in [0.25, 0.3) is 0 Å². The number of nitro groups is 1. The van der Waals surface area contributed by atoms with E-state index in [-0.39, 0.29) is 11.5 Å². The summed E-state index contributed by atoms with van der Waals surface area (Å²) in [5.41, 5.74) is 4.43. The molecule has 0 aromatic carbocycles. The van der Waals surface area contributed by atoms with Crippen LogP contribution >= 0.6 is 0 Å². The van der Waals surface area contributed by atoms with E-state index in [1.807, 2.05) is 0 Å². The third-order valence-corrected chi connectivity index (χ3v) is 3.12. The molecule has 0 bridgehead atoms. The van der Waals surface area contributed by atoms with Crippen LogP contribution in [0.15, 0.2) is 12.1 Å². The number of nitrogen functional groups attached to an aromatic ring is 1. The van der Waals surface area contributed by atoms with Gasteiger partial charge in [0.25, 0.3) is 0 Å². The van der Waals surface area contributed by atoms with E-state index in [1.54, 1.807) is 0 Å². The Bertz CT molecular complexity index is 474. The largest absolute Gasteiger partial charge is 0.388 e. The first kappa shape index (κ1) is 13.5. The van der Waals surface area contributed by atoms with E-state index < -0.39 is 10.5 Å². The normalized spacial score (nSPS) is 17.9. The molecular formula is C11H16N4O4. The summed E-state index contributed by atoms with van der Waals surface area (Å²) in [5.74, 6) is 0.261. The van der Waals surface area contributed by atoms with Crippen LogP contribution in [0.5, 0.6) is 0 Å². The molecule has 1 fully saturated rings. The zero-order valence-corrected chi connectivity index (χ0v) is 10.3. The molecule has 8 heteroatoms. The maximum Gasteiger partial charge on any atom is 0.311 e. The maximum atomic E-state index is 10.6. The Morgan fingerprint density at radius 3 is 2.79 bits per heavy atom. The number of hydrogen-bond donors (Lipinski definition) is 3. The SMILES string of the molecule is Nc1nc(NCC2(O)CCOCC2)ccc1[N+](=O)[O-]. The van der Waals surface area contributed by atoms with Crippen molar-refractivity contribution in [3.05, 3.63) is 22.2 Å². The Hall–Kier alpha value is -1.93. The standard InChI is InChI=1S/C11H16N4O4/c12-10-8(15(17)18)1-2-9(14-10)13-7-11(16)3-5-19-6-4-11/h1-2,16H,3-7H2,(H3,12,13,14). The highest BCUT2D eigenvalue weighted by atomic mass is 16.6. The number of aromatic nitrogens is 1. The third-order valence-electron chi connectivity index (χ3n) is 3.12. The highest BCUT2D eigenvalue weighted by Crippen LogP contribution is 2.23. The van der Waals surface area contributed by atoms with Gasteiger partial charge in [-0.1, -0.05) is 0 Å². The lowest BCUT2D eigenvalue weighted by Crippen LogP contribution is -2.42. The molecule has 0 spiro atoms. The van der Waals surface area contributed by atoms with Gasteiger partial charge in [0.15, 0.2) is 0 Å². The highest BCUT2D eigenvalue weighted by molar-refractivity contribution is 5.57. The van der Waals surface area contributed by atoms with Gasteiger partial charge in [0.1, 0.15) is 5.82 Å². The smallest absolute Gasteiger partial charge is 0.311 e. The number of nitrogens with two attached hydrogens (primary N) is 1. The van der Waals surface area contributed by atoms with Crippen LogP contribution in [0.2, 0.25) is 0 Å². The molecule has 1 aliphatic heterocycles. The number of aliphatic hydroxyl groups is 1. The number of nitrogens with one attached hydrogen (secondary N) is 1. The number of hydrogen-bond acceptors (Lipinski definition) is 7. The molecule has 2 heterocycles. The Kier molecular flexibility index (Phi) is 3.82. The zero-order chi connectivity index (χ0) is 13.9. The van der Waals surface area contributed by atoms with E-state index in [4.69, 9.17) is 10.5 Å². The molecule has 1 saturated heterocycles. The number of pyridine rings is 1. The second-order valence-electron chi connectivity index (χ2n) is 4.55. The summed E-state index contributed by atoms with van der Waals surface area (Å²) >= 11 is 0. The molecular weight excluding hydrogens is 252 g/mol. The fourth-order valence-electron chi connectivity index (χ4n) is 1.90. The van der Waals surface area contributed by atoms with Crippen molar-refractivity contribution >= 4 is 17.3 Å². The van der Waals surface area contributed by atoms with Crippen LogP contribution < -0.4 is 11.1 Å². The van der Waals surface area contributed by atoms with Gasteiger partial charge in [-0.25, -0.2) is 4.98 Å². The molecule has 0 amide bonds. The minimum atomic E-state index is -0.837. The van der Waals surface area contributed by atoms with Crippen molar-refractivity contribution in [1.29, 1.82) is 0 Å². The van der Waals surface area contributed by atoms with Gasteiger partial charge in [-0.05, 0) is 6.07 Å². The number of ether oxygens (including phenoxy) is 1. The van der Waals surface area contributed by atoms with Crippen LogP contribution in [0, 0.1) is 10.1 Å². The summed E-state index contributed by atoms with van der Waals surface area (Å²) in [6.07, 6.45) is 1.09. The average molecular weight is 268 g/mol. The monoisotopic (exact) mass is 268 g/mol. The maximum absolute atomic E-state index is 10.6. The van der Waals surface area contributed by atoms with Gasteiger partial charge in [-0.3, -0.25) is 10.1 Å². The first-order valence-corrected chi connectivity index (χ1v) is 5.95. The molecule has 2 rings (SSSR count). The summed E-state index contributed by atoms with van der Waals surface area (Å²) < 4.78 is 5.18. The van der Waals surface area contributed by atoms with Crippen molar-refractivity contribution in [1.82, 2.24) is 4.98 Å². The van der Waals surface area contributed by atoms with Gasteiger partial charge in [0.2, 0.25) is 5.82 Å². The summed E-state index contributed by atoms with van der Waals surface area (Å²) in [6.45, 7) is 1.35. The van der Waals surface area contributed by atoms with E-state index in [0.29, 0.717) is 38.4 Å². The fraction of sp³-hybridized carbons (Fsp3) is 0.545. The van der Waals surface area contributed by atoms with Gasteiger partial charge >= 0.3 is 5.69 Å². The van der Waals surface area contributed by atoms with E-state index in [9.17, 15) is 15.2 Å². The molecule has 1 aromatic heterocycles. The van der Waals surface area contributed by atoms with Gasteiger partial charge < -0.3 is 20.9 Å². The van der Waals surface area contributed by atoms with Crippen LogP contribution in [0.1, 0.15) is 12.8 Å². The van der Waals surface area contributed by atoms with Crippen molar-refractivity contribution < 1.29 is 14.8 Å². The highest BCUT2D eigenvalue weighted by Gasteiger charge is 2.29. The lowest BCUT2D eigenvalue weighted by atomic mass is 9.94. The van der Waals surface area contributed by atoms with Crippen LogP contribution in [-0.2, 0) is 4.74 Å². The summed E-state index contributed by atoms with van der Waals surface area (Å²) in [6, 6.07) is 2.76. The Labute approximate surface area is 109 Å². The lowest BCUT2D eigenvalue weighted by molar-refractivity contribution is -0.384. The summed E-state index contributed by atoms with van der Waals surface area (Å²) in [7, 11) is 0. The van der Waals surface area contributed by atoms with Crippen molar-refractivity contribution in [3.63, 3.8) is 0 Å². The summed E-state index contributed by atoms with van der Waals surface area (Å²) in [5, 5.41) is 23.8. The van der Waals surface area contributed by atoms with E-state index in [2.05, 4.69) is 10.3 Å². The number of rotatable bonds is 4. The average Bonchev–Trinajstić information content (AvgIpc) is 2.37. The zero-order valence-electron chi connectivity index (χ0n) is 10.3. The molecule has 0 saturated carbocycles. The Morgan fingerprint density at radius 2 is 2.21 bits per heavy atom. The molecule has 104 valence electrons. The van der Waals surface area contributed by atoms with Crippen molar-refractivity contribution in [2.24, 2.45) is 0 Å². The minimum Gasteiger partial charge on any atom is -0.388 e. The van der Waals surface area contributed by atoms with Crippen molar-refractivity contribution in [2.45, 2.75) is 18.4 Å². The fourth-order valence-corrected chi connectivity index (χ4v) is 1.90. The predicted octanol–water partition coefficient (Wildman–Crippen LogP) is 0.525. The molecule has 19 heavy (non-hydrogen) atoms. The minimum absolute atomic E-state index is 0.144. The molecule has 1 aliphatic rings.